The maximum Gasteiger partial charge on any atom is 0.332 e. The third-order valence-electron chi connectivity index (χ3n) is 5.75. The highest BCUT2D eigenvalue weighted by Crippen LogP contribution is 2.16. The van der Waals surface area contributed by atoms with Gasteiger partial charge in [0.05, 0.1) is 19.2 Å². The summed E-state index contributed by atoms with van der Waals surface area (Å²) < 4.78 is 8.20. The van der Waals surface area contributed by atoms with Crippen LogP contribution in [0.1, 0.15) is 24.5 Å². The normalized spacial score (nSPS) is 11.9. The summed E-state index contributed by atoms with van der Waals surface area (Å²) in [5.41, 5.74) is 1.64. The molecule has 0 unspecified atom stereocenters. The molecule has 0 bridgehead atoms. The van der Waals surface area contributed by atoms with Crippen LogP contribution in [0.5, 0.6) is 5.75 Å². The van der Waals surface area contributed by atoms with Crippen LogP contribution in [0.25, 0.3) is 10.2 Å². The Balaban J connectivity index is 1.53. The minimum Gasteiger partial charge on any atom is -0.497 e. The summed E-state index contributed by atoms with van der Waals surface area (Å²) >= 11 is 1.27. The summed E-state index contributed by atoms with van der Waals surface area (Å²) in [5.74, 6) is 0.435. The number of fused-ring (bicyclic) bond motifs is 1. The van der Waals surface area contributed by atoms with Crippen molar-refractivity contribution in [3.05, 3.63) is 98.0 Å². The van der Waals surface area contributed by atoms with Gasteiger partial charge in [0.25, 0.3) is 5.56 Å². The van der Waals surface area contributed by atoms with E-state index in [2.05, 4.69) is 17.4 Å². The summed E-state index contributed by atoms with van der Waals surface area (Å²) in [6.45, 7) is 1.92. The number of aromatic nitrogens is 2. The zero-order valence-corrected chi connectivity index (χ0v) is 20.0. The predicted molar refractivity (Wildman–Crippen MR) is 135 cm³/mol. The lowest BCUT2D eigenvalue weighted by Crippen LogP contribution is -2.43. The second-order valence-electron chi connectivity index (χ2n) is 8.24. The monoisotopic (exact) mass is 477 g/mol. The van der Waals surface area contributed by atoms with Crippen LogP contribution in [-0.4, -0.2) is 28.2 Å². The highest BCUT2D eigenvalue weighted by Gasteiger charge is 2.17. The number of aryl methyl sites for hydroxylation is 1. The number of ether oxygens (including phenoxy) is 1. The number of benzene rings is 2. The molecule has 7 nitrogen and oxygen atoms in total. The largest absolute Gasteiger partial charge is 0.497 e. The number of amides is 1. The third-order valence-corrected chi connectivity index (χ3v) is 6.65. The van der Waals surface area contributed by atoms with Crippen molar-refractivity contribution in [3.8, 4) is 5.75 Å². The van der Waals surface area contributed by atoms with Gasteiger partial charge in [-0.05, 0) is 54.5 Å². The fourth-order valence-corrected chi connectivity index (χ4v) is 4.75. The van der Waals surface area contributed by atoms with Gasteiger partial charge in [-0.1, -0.05) is 42.5 Å². The first-order valence-electron chi connectivity index (χ1n) is 11.1. The number of nitrogens with one attached hydrogen (secondary N) is 1. The average Bonchev–Trinajstić information content (AvgIpc) is 3.34. The van der Waals surface area contributed by atoms with E-state index in [0.29, 0.717) is 16.0 Å². The molecule has 0 aliphatic heterocycles. The molecular formula is C26H27N3O4S. The highest BCUT2D eigenvalue weighted by atomic mass is 32.1. The zero-order valence-electron chi connectivity index (χ0n) is 19.2. The van der Waals surface area contributed by atoms with Crippen molar-refractivity contribution in [1.29, 1.82) is 0 Å². The molecule has 34 heavy (non-hydrogen) atoms. The van der Waals surface area contributed by atoms with Crippen molar-refractivity contribution in [2.75, 3.05) is 7.11 Å². The number of carbonyl (C=O) groups is 1. The molecule has 0 radical (unpaired) electrons. The summed E-state index contributed by atoms with van der Waals surface area (Å²) in [6.07, 6.45) is 1.64. The van der Waals surface area contributed by atoms with Gasteiger partial charge in [0.15, 0.2) is 0 Å². The lowest BCUT2D eigenvalue weighted by atomic mass is 10.1. The molecule has 0 saturated carbocycles. The van der Waals surface area contributed by atoms with Crippen molar-refractivity contribution in [2.45, 2.75) is 38.9 Å². The molecule has 1 atom stereocenters. The van der Waals surface area contributed by atoms with Gasteiger partial charge < -0.3 is 10.1 Å². The number of thiophene rings is 1. The van der Waals surface area contributed by atoms with Crippen LogP contribution in [0, 0.1) is 0 Å². The van der Waals surface area contributed by atoms with E-state index in [1.807, 2.05) is 37.3 Å². The van der Waals surface area contributed by atoms with Crippen LogP contribution >= 0.6 is 11.3 Å². The summed E-state index contributed by atoms with van der Waals surface area (Å²) in [5, 5.41) is 4.75. The number of methoxy groups -OCH3 is 1. The SMILES string of the molecule is COc1ccc(Cn2c(=O)c3sccc3n(CC(=O)N[C@@H](C)CCc3ccccc3)c2=O)cc1. The Labute approximate surface area is 201 Å². The molecule has 4 rings (SSSR count). The summed E-state index contributed by atoms with van der Waals surface area (Å²) in [7, 11) is 1.58. The highest BCUT2D eigenvalue weighted by molar-refractivity contribution is 7.17. The lowest BCUT2D eigenvalue weighted by Gasteiger charge is -2.16. The topological polar surface area (TPSA) is 82.3 Å². The number of carbonyl (C=O) groups excluding carboxylic acids is 1. The van der Waals surface area contributed by atoms with Crippen LogP contribution in [-0.2, 0) is 24.3 Å². The van der Waals surface area contributed by atoms with Gasteiger partial charge in [-0.2, -0.15) is 0 Å². The van der Waals surface area contributed by atoms with E-state index in [4.69, 9.17) is 4.74 Å². The van der Waals surface area contributed by atoms with Crippen LogP contribution in [0.15, 0.2) is 75.6 Å². The van der Waals surface area contributed by atoms with E-state index < -0.39 is 5.69 Å². The predicted octanol–water partition coefficient (Wildman–Crippen LogP) is 3.42. The Kier molecular flexibility index (Phi) is 7.27. The van der Waals surface area contributed by atoms with Crippen molar-refractivity contribution in [3.63, 3.8) is 0 Å². The fourth-order valence-electron chi connectivity index (χ4n) is 3.90. The van der Waals surface area contributed by atoms with E-state index in [9.17, 15) is 14.4 Å². The lowest BCUT2D eigenvalue weighted by molar-refractivity contribution is -0.122. The maximum absolute atomic E-state index is 13.3. The smallest absolute Gasteiger partial charge is 0.332 e. The van der Waals surface area contributed by atoms with Crippen LogP contribution in [0.4, 0.5) is 0 Å². The number of rotatable bonds is 9. The van der Waals surface area contributed by atoms with E-state index >= 15 is 0 Å². The van der Waals surface area contributed by atoms with Crippen LogP contribution in [0.2, 0.25) is 0 Å². The standard InChI is InChI=1S/C26H27N3O4S/c1-18(8-9-19-6-4-3-5-7-19)27-23(30)17-28-22-14-15-34-24(22)25(31)29(26(28)32)16-20-10-12-21(33-2)13-11-20/h3-7,10-15,18H,8-9,16-17H2,1-2H3,(H,27,30)/t18-/m0/s1. The molecule has 2 heterocycles. The summed E-state index contributed by atoms with van der Waals surface area (Å²) in [4.78, 5) is 39.1. The van der Waals surface area contributed by atoms with Gasteiger partial charge in [-0.3, -0.25) is 18.7 Å². The molecule has 0 aliphatic carbocycles. The molecule has 2 aromatic carbocycles. The molecule has 2 aromatic heterocycles. The van der Waals surface area contributed by atoms with Crippen LogP contribution < -0.4 is 21.3 Å². The summed E-state index contributed by atoms with van der Waals surface area (Å²) in [6, 6.07) is 19.0. The Morgan fingerprint density at radius 3 is 2.44 bits per heavy atom. The molecule has 8 heteroatoms. The second kappa shape index (κ2) is 10.5. The molecule has 0 saturated heterocycles. The molecule has 0 spiro atoms. The average molecular weight is 478 g/mol. The van der Waals surface area contributed by atoms with Crippen molar-refractivity contribution >= 4 is 27.5 Å². The molecule has 0 aliphatic rings. The minimum atomic E-state index is -0.501. The van der Waals surface area contributed by atoms with Gasteiger partial charge in [-0.25, -0.2) is 4.79 Å². The molecular weight excluding hydrogens is 450 g/mol. The Morgan fingerprint density at radius 1 is 1.00 bits per heavy atom. The number of nitrogens with zero attached hydrogens (tertiary/aromatic N) is 2. The first kappa shape index (κ1) is 23.5. The Bertz CT molecular complexity index is 1390. The minimum absolute atomic E-state index is 0.0495. The first-order valence-corrected chi connectivity index (χ1v) is 12.0. The molecule has 0 fully saturated rings. The zero-order chi connectivity index (χ0) is 24.1. The van der Waals surface area contributed by atoms with Gasteiger partial charge in [0, 0.05) is 6.04 Å². The molecule has 176 valence electrons. The first-order chi connectivity index (χ1) is 16.5. The number of hydrogen-bond donors (Lipinski definition) is 1. The van der Waals surface area contributed by atoms with E-state index in [1.54, 1.807) is 30.7 Å². The molecule has 1 N–H and O–H groups in total. The van der Waals surface area contributed by atoms with Crippen LogP contribution in [0.3, 0.4) is 0 Å². The Morgan fingerprint density at radius 2 is 1.74 bits per heavy atom. The van der Waals surface area contributed by atoms with E-state index in [0.717, 1.165) is 18.4 Å². The van der Waals surface area contributed by atoms with E-state index in [1.165, 1.54) is 26.0 Å². The Hall–Kier alpha value is -3.65. The molecule has 4 aromatic rings. The van der Waals surface area contributed by atoms with Crippen molar-refractivity contribution < 1.29 is 9.53 Å². The van der Waals surface area contributed by atoms with Crippen molar-refractivity contribution in [1.82, 2.24) is 14.5 Å². The third kappa shape index (κ3) is 5.28. The second-order valence-corrected chi connectivity index (χ2v) is 9.15. The van der Waals surface area contributed by atoms with Gasteiger partial charge in [0.1, 0.15) is 17.0 Å². The van der Waals surface area contributed by atoms with Gasteiger partial charge >= 0.3 is 5.69 Å². The van der Waals surface area contributed by atoms with E-state index in [-0.39, 0.29) is 30.6 Å². The van der Waals surface area contributed by atoms with Crippen molar-refractivity contribution in [2.24, 2.45) is 0 Å². The van der Waals surface area contributed by atoms with Gasteiger partial charge in [0.2, 0.25) is 5.91 Å². The fraction of sp³-hybridized carbons (Fsp3) is 0.269. The quantitative estimate of drug-likeness (QED) is 0.401. The maximum atomic E-state index is 13.3. The molecule has 1 amide bonds. The van der Waals surface area contributed by atoms with Gasteiger partial charge in [-0.15, -0.1) is 11.3 Å². The number of hydrogen-bond acceptors (Lipinski definition) is 5.